The topological polar surface area (TPSA) is 23.9 Å². The van der Waals surface area contributed by atoms with Crippen LogP contribution in [0.5, 0.6) is 0 Å². The Hall–Kier alpha value is -0.850. The smallest absolute Gasteiger partial charge is 0.0177 e. The van der Waals surface area contributed by atoms with E-state index in [4.69, 9.17) is 5.41 Å². The van der Waals surface area contributed by atoms with Gasteiger partial charge in [0.15, 0.2) is 0 Å². The Morgan fingerprint density at radius 2 is 2.22 bits per heavy atom. The molecule has 0 aliphatic carbocycles. The summed E-state index contributed by atoms with van der Waals surface area (Å²) >= 11 is 0. The second-order valence-corrected chi connectivity index (χ2v) is 1.88. The first-order valence-electron chi connectivity index (χ1n) is 3.15. The fourth-order valence-corrected chi connectivity index (χ4v) is 0.590. The van der Waals surface area contributed by atoms with Crippen LogP contribution >= 0.6 is 0 Å². The van der Waals surface area contributed by atoms with Gasteiger partial charge in [-0.05, 0) is 19.4 Å². The van der Waals surface area contributed by atoms with Crippen molar-refractivity contribution in [1.29, 1.82) is 5.41 Å². The minimum atomic E-state index is 1.06. The Balaban J connectivity index is 3.74. The van der Waals surface area contributed by atoms with Gasteiger partial charge in [0.2, 0.25) is 0 Å². The molecule has 0 rings (SSSR count). The third kappa shape index (κ3) is 5.01. The Labute approximate surface area is 56.6 Å². The van der Waals surface area contributed by atoms with Crippen molar-refractivity contribution in [2.24, 2.45) is 0 Å². The predicted octanol–water partition coefficient (Wildman–Crippen LogP) is 2.55. The summed E-state index contributed by atoms with van der Waals surface area (Å²) in [4.78, 5) is 0. The number of allylic oxidation sites excluding steroid dienone is 4. The SMILES string of the molecule is CC/C=C(C)/C=C\C=N. The van der Waals surface area contributed by atoms with E-state index in [2.05, 4.69) is 13.0 Å². The molecule has 1 N–H and O–H groups in total. The molecular formula is C8H13N. The Bertz CT molecular complexity index is 132. The van der Waals surface area contributed by atoms with Crippen LogP contribution in [0.15, 0.2) is 23.8 Å². The highest BCUT2D eigenvalue weighted by Crippen LogP contribution is 1.94. The number of hydrogen-bond acceptors (Lipinski definition) is 1. The lowest BCUT2D eigenvalue weighted by atomic mass is 10.2. The molecule has 0 aromatic heterocycles. The van der Waals surface area contributed by atoms with Crippen molar-refractivity contribution in [1.82, 2.24) is 0 Å². The average molecular weight is 123 g/mol. The molecule has 0 spiro atoms. The summed E-state index contributed by atoms with van der Waals surface area (Å²) in [5.41, 5.74) is 1.22. The first kappa shape index (κ1) is 8.15. The maximum atomic E-state index is 6.69. The van der Waals surface area contributed by atoms with E-state index >= 15 is 0 Å². The lowest BCUT2D eigenvalue weighted by Gasteiger charge is -1.85. The Morgan fingerprint density at radius 1 is 1.56 bits per heavy atom. The molecule has 0 saturated carbocycles. The molecule has 0 aliphatic rings. The standard InChI is InChI=1S/C8H13N/c1-3-5-8(2)6-4-7-9/h4-7,9H,3H2,1-2H3/b6-4-,8-5+,9-7?. The van der Waals surface area contributed by atoms with Gasteiger partial charge in [-0.25, -0.2) is 0 Å². The third-order valence-corrected chi connectivity index (χ3v) is 0.981. The van der Waals surface area contributed by atoms with Crippen molar-refractivity contribution in [2.45, 2.75) is 20.3 Å². The second-order valence-electron chi connectivity index (χ2n) is 1.88. The van der Waals surface area contributed by atoms with E-state index in [0.717, 1.165) is 6.42 Å². The highest BCUT2D eigenvalue weighted by Gasteiger charge is 1.75. The van der Waals surface area contributed by atoms with E-state index in [0.29, 0.717) is 0 Å². The van der Waals surface area contributed by atoms with Crippen molar-refractivity contribution < 1.29 is 0 Å². The molecule has 0 bridgehead atoms. The van der Waals surface area contributed by atoms with Gasteiger partial charge in [0.25, 0.3) is 0 Å². The van der Waals surface area contributed by atoms with Gasteiger partial charge in [-0.2, -0.15) is 0 Å². The van der Waals surface area contributed by atoms with Crippen molar-refractivity contribution in [3.05, 3.63) is 23.8 Å². The van der Waals surface area contributed by atoms with Gasteiger partial charge in [-0.15, -0.1) is 0 Å². The van der Waals surface area contributed by atoms with Crippen molar-refractivity contribution >= 4 is 6.21 Å². The third-order valence-electron chi connectivity index (χ3n) is 0.981. The maximum Gasteiger partial charge on any atom is 0.0177 e. The Kier molecular flexibility index (Phi) is 4.79. The predicted molar refractivity (Wildman–Crippen MR) is 42.0 cm³/mol. The monoisotopic (exact) mass is 123 g/mol. The molecule has 0 atom stereocenters. The fourth-order valence-electron chi connectivity index (χ4n) is 0.590. The normalized spacial score (nSPS) is 12.4. The molecule has 0 fully saturated rings. The van der Waals surface area contributed by atoms with E-state index in [-0.39, 0.29) is 0 Å². The first-order chi connectivity index (χ1) is 4.31. The van der Waals surface area contributed by atoms with Crippen LogP contribution < -0.4 is 0 Å². The zero-order valence-corrected chi connectivity index (χ0v) is 6.02. The summed E-state index contributed by atoms with van der Waals surface area (Å²) in [6, 6.07) is 0. The summed E-state index contributed by atoms with van der Waals surface area (Å²) in [7, 11) is 0. The summed E-state index contributed by atoms with van der Waals surface area (Å²) in [5.74, 6) is 0. The Morgan fingerprint density at radius 3 is 2.67 bits per heavy atom. The van der Waals surface area contributed by atoms with Gasteiger partial charge in [0.05, 0.1) is 0 Å². The van der Waals surface area contributed by atoms with Gasteiger partial charge in [-0.1, -0.05) is 24.6 Å². The van der Waals surface area contributed by atoms with Crippen molar-refractivity contribution in [3.8, 4) is 0 Å². The van der Waals surface area contributed by atoms with E-state index < -0.39 is 0 Å². The second kappa shape index (κ2) is 5.29. The average Bonchev–Trinajstić information content (AvgIpc) is 1.85. The minimum Gasteiger partial charge on any atom is -0.309 e. The molecule has 9 heavy (non-hydrogen) atoms. The van der Waals surface area contributed by atoms with Crippen LogP contribution in [-0.2, 0) is 0 Å². The van der Waals surface area contributed by atoms with Crippen LogP contribution in [-0.4, -0.2) is 6.21 Å². The highest BCUT2D eigenvalue weighted by molar-refractivity contribution is 5.68. The molecule has 50 valence electrons. The van der Waals surface area contributed by atoms with E-state index in [1.807, 2.05) is 13.0 Å². The summed E-state index contributed by atoms with van der Waals surface area (Å²) in [5, 5.41) is 6.69. The quantitative estimate of drug-likeness (QED) is 0.440. The number of rotatable bonds is 3. The van der Waals surface area contributed by atoms with Crippen molar-refractivity contribution in [3.63, 3.8) is 0 Å². The summed E-state index contributed by atoms with van der Waals surface area (Å²) in [6.07, 6.45) is 8.12. The lowest BCUT2D eigenvalue weighted by molar-refractivity contribution is 1.20. The van der Waals surface area contributed by atoms with Crippen LogP contribution in [0.3, 0.4) is 0 Å². The number of nitrogens with one attached hydrogen (secondary N) is 1. The molecule has 0 amide bonds. The molecule has 0 radical (unpaired) electrons. The molecule has 0 unspecified atom stereocenters. The zero-order valence-electron chi connectivity index (χ0n) is 6.02. The summed E-state index contributed by atoms with van der Waals surface area (Å²) in [6.45, 7) is 4.13. The lowest BCUT2D eigenvalue weighted by Crippen LogP contribution is -1.67. The molecule has 1 heteroatoms. The molecule has 1 nitrogen and oxygen atoms in total. The minimum absolute atomic E-state index is 1.06. The van der Waals surface area contributed by atoms with Crippen LogP contribution in [0, 0.1) is 5.41 Å². The van der Waals surface area contributed by atoms with Crippen LogP contribution in [0.4, 0.5) is 0 Å². The molecule has 0 saturated heterocycles. The van der Waals surface area contributed by atoms with E-state index in [1.54, 1.807) is 6.08 Å². The van der Waals surface area contributed by atoms with Gasteiger partial charge >= 0.3 is 0 Å². The van der Waals surface area contributed by atoms with Crippen LogP contribution in [0.1, 0.15) is 20.3 Å². The molecule has 0 aromatic carbocycles. The van der Waals surface area contributed by atoms with Crippen LogP contribution in [0.25, 0.3) is 0 Å². The van der Waals surface area contributed by atoms with E-state index in [9.17, 15) is 0 Å². The maximum absolute atomic E-state index is 6.69. The molecule has 0 heterocycles. The largest absolute Gasteiger partial charge is 0.309 e. The van der Waals surface area contributed by atoms with Crippen molar-refractivity contribution in [2.75, 3.05) is 0 Å². The van der Waals surface area contributed by atoms with Gasteiger partial charge < -0.3 is 5.41 Å². The highest BCUT2D eigenvalue weighted by atomic mass is 14.3. The van der Waals surface area contributed by atoms with Gasteiger partial charge in [0.1, 0.15) is 0 Å². The van der Waals surface area contributed by atoms with Crippen LogP contribution in [0.2, 0.25) is 0 Å². The molecule has 0 aromatic rings. The van der Waals surface area contributed by atoms with Gasteiger partial charge in [0, 0.05) is 6.21 Å². The van der Waals surface area contributed by atoms with E-state index in [1.165, 1.54) is 11.8 Å². The molecular weight excluding hydrogens is 110 g/mol. The fraction of sp³-hybridized carbons (Fsp3) is 0.375. The zero-order chi connectivity index (χ0) is 7.11. The van der Waals surface area contributed by atoms with Gasteiger partial charge in [-0.3, -0.25) is 0 Å². The summed E-state index contributed by atoms with van der Waals surface area (Å²) < 4.78 is 0. The molecule has 0 aliphatic heterocycles. The first-order valence-corrected chi connectivity index (χ1v) is 3.15. The number of hydrogen-bond donors (Lipinski definition) is 1.